The lowest BCUT2D eigenvalue weighted by atomic mass is 10.0. The standard InChI is InChI=1S/C7H9N3O/c11-7-8-5-3-1-2-4-6(5)9-10-7/h1-4H2,(H,8,10,11). The van der Waals surface area contributed by atoms with Gasteiger partial charge in [0.1, 0.15) is 0 Å². The van der Waals surface area contributed by atoms with Crippen molar-refractivity contribution in [1.82, 2.24) is 15.2 Å². The van der Waals surface area contributed by atoms with E-state index in [2.05, 4.69) is 15.2 Å². The predicted molar refractivity (Wildman–Crippen MR) is 39.3 cm³/mol. The van der Waals surface area contributed by atoms with E-state index >= 15 is 0 Å². The first-order valence-corrected chi connectivity index (χ1v) is 3.81. The Labute approximate surface area is 63.7 Å². The number of hydrogen-bond donors (Lipinski definition) is 1. The van der Waals surface area contributed by atoms with Crippen LogP contribution in [0.4, 0.5) is 0 Å². The number of aryl methyl sites for hydroxylation is 2. The molecule has 4 heteroatoms. The van der Waals surface area contributed by atoms with Crippen LogP contribution < -0.4 is 5.69 Å². The summed E-state index contributed by atoms with van der Waals surface area (Å²) in [5.74, 6) is 0. The molecule has 1 aliphatic rings. The van der Waals surface area contributed by atoms with E-state index in [0.29, 0.717) is 0 Å². The largest absolute Gasteiger partial charge is 0.361 e. The molecular weight excluding hydrogens is 142 g/mol. The van der Waals surface area contributed by atoms with Crippen LogP contribution in [0.15, 0.2) is 4.79 Å². The van der Waals surface area contributed by atoms with E-state index in [1.165, 1.54) is 0 Å². The van der Waals surface area contributed by atoms with Crippen LogP contribution in [-0.2, 0) is 12.8 Å². The topological polar surface area (TPSA) is 58.6 Å². The summed E-state index contributed by atoms with van der Waals surface area (Å²) in [6, 6.07) is 0. The van der Waals surface area contributed by atoms with Crippen molar-refractivity contribution in [1.29, 1.82) is 0 Å². The first-order valence-electron chi connectivity index (χ1n) is 3.81. The van der Waals surface area contributed by atoms with Crippen molar-refractivity contribution in [2.75, 3.05) is 0 Å². The first-order chi connectivity index (χ1) is 5.36. The minimum absolute atomic E-state index is 0.328. The van der Waals surface area contributed by atoms with Gasteiger partial charge in [0.25, 0.3) is 0 Å². The van der Waals surface area contributed by atoms with Crippen molar-refractivity contribution in [3.8, 4) is 0 Å². The lowest BCUT2D eigenvalue weighted by molar-refractivity contribution is 0.624. The Morgan fingerprint density at radius 2 is 1.91 bits per heavy atom. The molecule has 0 fully saturated rings. The van der Waals surface area contributed by atoms with Gasteiger partial charge < -0.3 is 0 Å². The lowest BCUT2D eigenvalue weighted by Gasteiger charge is -2.10. The van der Waals surface area contributed by atoms with Gasteiger partial charge >= 0.3 is 5.69 Å². The van der Waals surface area contributed by atoms with E-state index in [0.717, 1.165) is 37.1 Å². The molecule has 1 N–H and O–H groups in total. The van der Waals surface area contributed by atoms with Gasteiger partial charge in [0.2, 0.25) is 0 Å². The number of rotatable bonds is 0. The average Bonchev–Trinajstić information content (AvgIpc) is 2.04. The second-order valence-electron chi connectivity index (χ2n) is 2.74. The highest BCUT2D eigenvalue weighted by molar-refractivity contribution is 5.11. The Morgan fingerprint density at radius 1 is 1.18 bits per heavy atom. The third-order valence-electron chi connectivity index (χ3n) is 1.93. The molecule has 0 aromatic carbocycles. The van der Waals surface area contributed by atoms with Crippen LogP contribution in [-0.4, -0.2) is 15.2 Å². The Hall–Kier alpha value is -1.19. The summed E-state index contributed by atoms with van der Waals surface area (Å²) in [6.07, 6.45) is 4.16. The lowest BCUT2D eigenvalue weighted by Crippen LogP contribution is -2.20. The van der Waals surface area contributed by atoms with Gasteiger partial charge in [-0.05, 0) is 25.7 Å². The van der Waals surface area contributed by atoms with Gasteiger partial charge in [-0.3, -0.25) is 0 Å². The Kier molecular flexibility index (Phi) is 1.45. The van der Waals surface area contributed by atoms with Crippen LogP contribution in [0.1, 0.15) is 24.2 Å². The van der Waals surface area contributed by atoms with Crippen LogP contribution >= 0.6 is 0 Å². The molecule has 0 saturated heterocycles. The molecule has 1 aromatic rings. The molecule has 0 unspecified atom stereocenters. The number of hydrogen-bond acceptors (Lipinski definition) is 3. The maximum absolute atomic E-state index is 10.7. The van der Waals surface area contributed by atoms with E-state index in [1.54, 1.807) is 0 Å². The molecule has 4 nitrogen and oxygen atoms in total. The van der Waals surface area contributed by atoms with Crippen molar-refractivity contribution in [2.45, 2.75) is 25.7 Å². The predicted octanol–water partition coefficient (Wildman–Crippen LogP) is 0.0437. The number of aromatic nitrogens is 3. The summed E-state index contributed by atoms with van der Waals surface area (Å²) in [6.45, 7) is 0. The fraction of sp³-hybridized carbons (Fsp3) is 0.571. The highest BCUT2D eigenvalue weighted by Gasteiger charge is 2.11. The third-order valence-corrected chi connectivity index (χ3v) is 1.93. The maximum Gasteiger partial charge on any atom is 0.361 e. The summed E-state index contributed by atoms with van der Waals surface area (Å²) in [4.78, 5) is 14.6. The molecule has 58 valence electrons. The quantitative estimate of drug-likeness (QED) is 0.569. The maximum atomic E-state index is 10.7. The number of aromatic amines is 1. The normalized spacial score (nSPS) is 16.0. The average molecular weight is 151 g/mol. The molecule has 1 aliphatic carbocycles. The Balaban J connectivity index is 2.51. The highest BCUT2D eigenvalue weighted by Crippen LogP contribution is 2.14. The highest BCUT2D eigenvalue weighted by atomic mass is 16.1. The van der Waals surface area contributed by atoms with Gasteiger partial charge in [-0.25, -0.2) is 9.89 Å². The molecule has 1 heterocycles. The molecule has 0 bridgehead atoms. The number of fused-ring (bicyclic) bond motifs is 1. The van der Waals surface area contributed by atoms with Gasteiger partial charge in [0.05, 0.1) is 11.4 Å². The van der Waals surface area contributed by atoms with Crippen LogP contribution in [0.25, 0.3) is 0 Å². The van der Waals surface area contributed by atoms with Crippen LogP contribution in [0, 0.1) is 0 Å². The molecule has 2 rings (SSSR count). The molecule has 0 amide bonds. The van der Waals surface area contributed by atoms with Gasteiger partial charge in [0, 0.05) is 0 Å². The van der Waals surface area contributed by atoms with Crippen LogP contribution in [0.2, 0.25) is 0 Å². The van der Waals surface area contributed by atoms with Crippen LogP contribution in [0.3, 0.4) is 0 Å². The molecule has 0 aliphatic heterocycles. The zero-order valence-corrected chi connectivity index (χ0v) is 6.13. The van der Waals surface area contributed by atoms with Gasteiger partial charge in [0.15, 0.2) is 0 Å². The summed E-state index contributed by atoms with van der Waals surface area (Å²) < 4.78 is 0. The van der Waals surface area contributed by atoms with Crippen molar-refractivity contribution >= 4 is 0 Å². The Bertz CT molecular complexity index is 318. The molecule has 0 spiro atoms. The van der Waals surface area contributed by atoms with E-state index in [-0.39, 0.29) is 5.69 Å². The van der Waals surface area contributed by atoms with E-state index in [4.69, 9.17) is 0 Å². The van der Waals surface area contributed by atoms with Crippen LogP contribution in [0.5, 0.6) is 0 Å². The summed E-state index contributed by atoms with van der Waals surface area (Å²) in [5, 5.41) is 6.26. The summed E-state index contributed by atoms with van der Waals surface area (Å²) >= 11 is 0. The summed E-state index contributed by atoms with van der Waals surface area (Å²) in [5.41, 5.74) is 1.53. The second kappa shape index (κ2) is 2.45. The second-order valence-corrected chi connectivity index (χ2v) is 2.74. The van der Waals surface area contributed by atoms with E-state index < -0.39 is 0 Å². The summed E-state index contributed by atoms with van der Waals surface area (Å²) in [7, 11) is 0. The van der Waals surface area contributed by atoms with Gasteiger partial charge in [-0.1, -0.05) is 0 Å². The zero-order chi connectivity index (χ0) is 7.68. The van der Waals surface area contributed by atoms with Crippen molar-refractivity contribution < 1.29 is 0 Å². The van der Waals surface area contributed by atoms with Crippen molar-refractivity contribution in [2.24, 2.45) is 0 Å². The number of nitrogens with one attached hydrogen (secondary N) is 1. The molecular formula is C7H9N3O. The fourth-order valence-corrected chi connectivity index (χ4v) is 1.38. The van der Waals surface area contributed by atoms with Crippen molar-refractivity contribution in [3.05, 3.63) is 21.9 Å². The molecule has 11 heavy (non-hydrogen) atoms. The molecule has 1 aromatic heterocycles. The zero-order valence-electron chi connectivity index (χ0n) is 6.13. The minimum Gasteiger partial charge on any atom is -0.244 e. The SMILES string of the molecule is O=c1nc2c(n[nH]1)CCCC2. The molecule has 0 atom stereocenters. The third kappa shape index (κ3) is 1.15. The smallest absolute Gasteiger partial charge is 0.244 e. The minimum atomic E-state index is -0.328. The van der Waals surface area contributed by atoms with E-state index in [1.807, 2.05) is 0 Å². The monoisotopic (exact) mass is 151 g/mol. The van der Waals surface area contributed by atoms with E-state index in [9.17, 15) is 4.79 Å². The first kappa shape index (κ1) is 6.52. The molecule has 0 radical (unpaired) electrons. The number of H-pyrrole nitrogens is 1. The number of nitrogens with zero attached hydrogens (tertiary/aromatic N) is 2. The fourth-order valence-electron chi connectivity index (χ4n) is 1.38. The Morgan fingerprint density at radius 3 is 2.73 bits per heavy atom. The molecule has 0 saturated carbocycles. The van der Waals surface area contributed by atoms with Gasteiger partial charge in [-0.2, -0.15) is 10.1 Å². The van der Waals surface area contributed by atoms with Gasteiger partial charge in [-0.15, -0.1) is 0 Å². The van der Waals surface area contributed by atoms with Crippen molar-refractivity contribution in [3.63, 3.8) is 0 Å².